The first-order chi connectivity index (χ1) is 15.4. The molecule has 0 aromatic heterocycles. The number of benzene rings is 1. The summed E-state index contributed by atoms with van der Waals surface area (Å²) in [6, 6.07) is 3.90. The van der Waals surface area contributed by atoms with Crippen molar-refractivity contribution in [2.75, 3.05) is 24.6 Å². The molecule has 4 heterocycles. The Morgan fingerprint density at radius 1 is 1.12 bits per heavy atom. The Labute approximate surface area is 184 Å². The summed E-state index contributed by atoms with van der Waals surface area (Å²) in [5, 5.41) is 5.55. The molecule has 168 valence electrons. The molecule has 5 rings (SSSR count). The number of anilines is 1. The molecule has 10 nitrogen and oxygen atoms in total. The van der Waals surface area contributed by atoms with Crippen LogP contribution in [0.4, 0.5) is 5.69 Å². The van der Waals surface area contributed by atoms with Gasteiger partial charge in [0.05, 0.1) is 17.7 Å². The van der Waals surface area contributed by atoms with Crippen LogP contribution in [0, 0.1) is 5.92 Å². The van der Waals surface area contributed by atoms with Crippen LogP contribution in [0.5, 0.6) is 0 Å². The predicted molar refractivity (Wildman–Crippen MR) is 111 cm³/mol. The van der Waals surface area contributed by atoms with E-state index in [1.54, 1.807) is 25.1 Å². The fraction of sp³-hybridized carbons (Fsp3) is 0.500. The summed E-state index contributed by atoms with van der Waals surface area (Å²) in [5.41, 5.74) is 1.30. The highest BCUT2D eigenvalue weighted by Gasteiger charge is 2.46. The van der Waals surface area contributed by atoms with E-state index in [0.29, 0.717) is 19.7 Å². The number of esters is 1. The molecule has 1 aromatic carbocycles. The zero-order valence-corrected chi connectivity index (χ0v) is 17.6. The largest absolute Gasteiger partial charge is 0.465 e. The number of carbonyl (C=O) groups is 5. The minimum atomic E-state index is -0.982. The summed E-state index contributed by atoms with van der Waals surface area (Å²) in [5.74, 6) is -2.22. The van der Waals surface area contributed by atoms with Crippen molar-refractivity contribution in [1.82, 2.24) is 15.5 Å². The standard InChI is InChI=1S/C22H24N4O6/c1-2-32-22(31)18-11-7-12(23-18)10-25(9-11)13-3-4-14-15(8-13)21(30)26(20(14)29)16-5-6-17(27)24-19(16)28/h3-4,8,11-12,16,18,23H,2,5-7,9-10H2,1H3,(H,24,27,28). The Hall–Kier alpha value is -3.27. The first-order valence-electron chi connectivity index (χ1n) is 10.9. The number of ether oxygens (including phenoxy) is 1. The molecule has 32 heavy (non-hydrogen) atoms. The van der Waals surface area contributed by atoms with E-state index in [-0.39, 0.29) is 47.9 Å². The van der Waals surface area contributed by atoms with Gasteiger partial charge in [-0.05, 0) is 38.0 Å². The highest BCUT2D eigenvalue weighted by Crippen LogP contribution is 2.34. The van der Waals surface area contributed by atoms with Crippen molar-refractivity contribution in [3.05, 3.63) is 29.3 Å². The van der Waals surface area contributed by atoms with Crippen LogP contribution in [0.2, 0.25) is 0 Å². The Morgan fingerprint density at radius 3 is 2.66 bits per heavy atom. The Balaban J connectivity index is 1.36. The van der Waals surface area contributed by atoms with Gasteiger partial charge in [0.1, 0.15) is 12.1 Å². The molecule has 4 aliphatic rings. The molecule has 0 saturated carbocycles. The average molecular weight is 440 g/mol. The summed E-state index contributed by atoms with van der Waals surface area (Å²) < 4.78 is 5.18. The minimum absolute atomic E-state index is 0.0836. The number of nitrogens with one attached hydrogen (secondary N) is 2. The van der Waals surface area contributed by atoms with Crippen molar-refractivity contribution in [3.8, 4) is 0 Å². The molecule has 3 fully saturated rings. The maximum atomic E-state index is 13.1. The molecule has 2 bridgehead atoms. The van der Waals surface area contributed by atoms with Gasteiger partial charge in [-0.1, -0.05) is 0 Å². The fourth-order valence-electron chi connectivity index (χ4n) is 5.25. The molecule has 4 aliphatic heterocycles. The Morgan fingerprint density at radius 2 is 1.91 bits per heavy atom. The summed E-state index contributed by atoms with van der Waals surface area (Å²) in [6.07, 6.45) is 1.09. The lowest BCUT2D eigenvalue weighted by Crippen LogP contribution is -2.54. The second kappa shape index (κ2) is 7.70. The van der Waals surface area contributed by atoms with Crippen molar-refractivity contribution in [3.63, 3.8) is 0 Å². The fourth-order valence-corrected chi connectivity index (χ4v) is 5.25. The number of carbonyl (C=O) groups excluding carboxylic acids is 5. The first kappa shape index (κ1) is 20.6. The minimum Gasteiger partial charge on any atom is -0.465 e. The van der Waals surface area contributed by atoms with Crippen molar-refractivity contribution in [2.24, 2.45) is 5.92 Å². The Bertz CT molecular complexity index is 1040. The van der Waals surface area contributed by atoms with Crippen molar-refractivity contribution in [1.29, 1.82) is 0 Å². The van der Waals surface area contributed by atoms with E-state index in [9.17, 15) is 24.0 Å². The number of rotatable bonds is 4. The summed E-state index contributed by atoms with van der Waals surface area (Å²) >= 11 is 0. The second-order valence-electron chi connectivity index (χ2n) is 8.67. The van der Waals surface area contributed by atoms with Crippen LogP contribution in [-0.2, 0) is 19.1 Å². The predicted octanol–water partition coefficient (Wildman–Crippen LogP) is -0.182. The van der Waals surface area contributed by atoms with Crippen molar-refractivity contribution in [2.45, 2.75) is 44.3 Å². The van der Waals surface area contributed by atoms with Crippen LogP contribution in [0.25, 0.3) is 0 Å². The van der Waals surface area contributed by atoms with Gasteiger partial charge in [-0.15, -0.1) is 0 Å². The smallest absolute Gasteiger partial charge is 0.323 e. The van der Waals surface area contributed by atoms with Crippen molar-refractivity contribution >= 4 is 35.3 Å². The van der Waals surface area contributed by atoms with Gasteiger partial charge in [0.15, 0.2) is 0 Å². The molecular weight excluding hydrogens is 416 g/mol. The third-order valence-corrected chi connectivity index (χ3v) is 6.70. The van der Waals surface area contributed by atoms with E-state index in [1.165, 1.54) is 0 Å². The molecule has 4 unspecified atom stereocenters. The van der Waals surface area contributed by atoms with Gasteiger partial charge in [0.25, 0.3) is 11.8 Å². The number of amides is 4. The third kappa shape index (κ3) is 3.26. The van der Waals surface area contributed by atoms with Gasteiger partial charge in [0, 0.05) is 37.2 Å². The molecule has 1 aromatic rings. The zero-order valence-electron chi connectivity index (χ0n) is 17.6. The molecule has 0 radical (unpaired) electrons. The molecule has 4 atom stereocenters. The molecule has 3 saturated heterocycles. The number of hydrogen-bond acceptors (Lipinski definition) is 8. The van der Waals surface area contributed by atoms with E-state index in [0.717, 1.165) is 17.0 Å². The van der Waals surface area contributed by atoms with E-state index >= 15 is 0 Å². The summed E-state index contributed by atoms with van der Waals surface area (Å²) in [4.78, 5) is 64.9. The van der Waals surface area contributed by atoms with E-state index in [4.69, 9.17) is 4.74 Å². The number of imide groups is 2. The number of piperidine rings is 2. The number of nitrogens with zero attached hydrogens (tertiary/aromatic N) is 2. The van der Waals surface area contributed by atoms with Gasteiger partial charge in [-0.25, -0.2) is 0 Å². The van der Waals surface area contributed by atoms with Crippen LogP contribution in [0.15, 0.2) is 18.2 Å². The molecule has 0 spiro atoms. The Kier molecular flexibility index (Phi) is 4.96. The molecule has 10 heteroatoms. The molecule has 2 N–H and O–H groups in total. The maximum Gasteiger partial charge on any atom is 0.323 e. The van der Waals surface area contributed by atoms with Crippen LogP contribution in [0.1, 0.15) is 46.9 Å². The SMILES string of the molecule is CCOC(=O)C1NC2CC1CN(c1ccc3c(c1)C(=O)N(C1CCC(=O)NC1=O)C3=O)C2. The number of fused-ring (bicyclic) bond motifs is 3. The van der Waals surface area contributed by atoms with Crippen LogP contribution in [-0.4, -0.2) is 72.3 Å². The van der Waals surface area contributed by atoms with Gasteiger partial charge in [0.2, 0.25) is 11.8 Å². The lowest BCUT2D eigenvalue weighted by atomic mass is 9.94. The highest BCUT2D eigenvalue weighted by atomic mass is 16.5. The monoisotopic (exact) mass is 440 g/mol. The van der Waals surface area contributed by atoms with Gasteiger partial charge < -0.3 is 9.64 Å². The summed E-state index contributed by atoms with van der Waals surface area (Å²) in [6.45, 7) is 3.42. The van der Waals surface area contributed by atoms with E-state index < -0.39 is 29.7 Å². The van der Waals surface area contributed by atoms with Gasteiger partial charge in [-0.3, -0.25) is 39.5 Å². The van der Waals surface area contributed by atoms with Crippen LogP contribution < -0.4 is 15.5 Å². The quantitative estimate of drug-likeness (QED) is 0.488. The van der Waals surface area contributed by atoms with Crippen LogP contribution in [0.3, 0.4) is 0 Å². The molecule has 0 aliphatic carbocycles. The molecule has 4 amide bonds. The average Bonchev–Trinajstić information content (AvgIpc) is 3.20. The van der Waals surface area contributed by atoms with Gasteiger partial charge in [-0.2, -0.15) is 0 Å². The summed E-state index contributed by atoms with van der Waals surface area (Å²) in [7, 11) is 0. The zero-order chi connectivity index (χ0) is 22.6. The topological polar surface area (TPSA) is 125 Å². The number of hydrogen-bond donors (Lipinski definition) is 2. The normalized spacial score (nSPS) is 29.3. The molecular formula is C22H24N4O6. The maximum absolute atomic E-state index is 13.1. The lowest BCUT2D eigenvalue weighted by molar-refractivity contribution is -0.146. The van der Waals surface area contributed by atoms with Crippen LogP contribution >= 0.6 is 0 Å². The second-order valence-corrected chi connectivity index (χ2v) is 8.67. The lowest BCUT2D eigenvalue weighted by Gasteiger charge is -2.33. The van der Waals surface area contributed by atoms with E-state index in [2.05, 4.69) is 15.5 Å². The highest BCUT2D eigenvalue weighted by molar-refractivity contribution is 6.23. The first-order valence-corrected chi connectivity index (χ1v) is 10.9. The van der Waals surface area contributed by atoms with E-state index in [1.807, 2.05) is 0 Å². The van der Waals surface area contributed by atoms with Crippen molar-refractivity contribution < 1.29 is 28.7 Å². The van der Waals surface area contributed by atoms with Gasteiger partial charge >= 0.3 is 5.97 Å². The third-order valence-electron chi connectivity index (χ3n) is 6.70.